The van der Waals surface area contributed by atoms with Gasteiger partial charge in [-0.2, -0.15) is 0 Å². The van der Waals surface area contributed by atoms with E-state index >= 15 is 0 Å². The van der Waals surface area contributed by atoms with Crippen LogP contribution in [0, 0.1) is 10.1 Å². The molecular formula is C13H19N3O5. The molecule has 8 heteroatoms. The molecule has 0 fully saturated rings. The zero-order valence-corrected chi connectivity index (χ0v) is 12.3. The average Bonchev–Trinajstić information content (AvgIpc) is 2.41. The molecule has 0 aliphatic carbocycles. The van der Waals surface area contributed by atoms with E-state index in [1.165, 1.54) is 24.1 Å². The largest absolute Gasteiger partial charge is 0.490 e. The Balaban J connectivity index is 3.22. The van der Waals surface area contributed by atoms with Crippen molar-refractivity contribution in [3.8, 4) is 5.75 Å². The van der Waals surface area contributed by atoms with Gasteiger partial charge in [0, 0.05) is 13.1 Å². The molecule has 0 spiro atoms. The van der Waals surface area contributed by atoms with Crippen molar-refractivity contribution in [2.45, 2.75) is 0 Å². The van der Waals surface area contributed by atoms with Gasteiger partial charge >= 0.3 is 11.7 Å². The summed E-state index contributed by atoms with van der Waals surface area (Å²) in [4.78, 5) is 25.1. The van der Waals surface area contributed by atoms with Gasteiger partial charge in [0.15, 0.2) is 5.75 Å². The number of aliphatic carboxylic acids is 1. The summed E-state index contributed by atoms with van der Waals surface area (Å²) in [5.74, 6) is -0.941. The van der Waals surface area contributed by atoms with Gasteiger partial charge in [0.1, 0.15) is 12.2 Å². The summed E-state index contributed by atoms with van der Waals surface area (Å²) in [6.45, 7) is 0.608. The number of rotatable bonds is 8. The van der Waals surface area contributed by atoms with Crippen molar-refractivity contribution in [3.63, 3.8) is 0 Å². The number of carboxylic acids is 1. The van der Waals surface area contributed by atoms with E-state index in [1.54, 1.807) is 6.07 Å². The highest BCUT2D eigenvalue weighted by molar-refractivity contribution is 5.78. The summed E-state index contributed by atoms with van der Waals surface area (Å²) >= 11 is 0. The van der Waals surface area contributed by atoms with Crippen LogP contribution in [-0.2, 0) is 4.79 Å². The molecule has 0 saturated carbocycles. The highest BCUT2D eigenvalue weighted by Gasteiger charge is 2.25. The van der Waals surface area contributed by atoms with Crippen LogP contribution in [0.15, 0.2) is 18.2 Å². The van der Waals surface area contributed by atoms with Gasteiger partial charge in [0.2, 0.25) is 0 Å². The molecule has 21 heavy (non-hydrogen) atoms. The number of hydrogen-bond donors (Lipinski definition) is 1. The molecule has 0 atom stereocenters. The number of para-hydroxylation sites is 1. The van der Waals surface area contributed by atoms with Crippen molar-refractivity contribution in [1.29, 1.82) is 0 Å². The highest BCUT2D eigenvalue weighted by atomic mass is 16.6. The normalized spacial score (nSPS) is 10.5. The maximum Gasteiger partial charge on any atom is 0.333 e. The first-order valence-corrected chi connectivity index (χ1v) is 6.29. The Bertz CT molecular complexity index is 519. The zero-order chi connectivity index (χ0) is 16.0. The van der Waals surface area contributed by atoms with Gasteiger partial charge in [0.05, 0.1) is 12.0 Å². The molecule has 0 radical (unpaired) electrons. The van der Waals surface area contributed by atoms with E-state index in [0.29, 0.717) is 13.1 Å². The number of nitro benzene ring substituents is 1. The Morgan fingerprint density at radius 3 is 2.52 bits per heavy atom. The Morgan fingerprint density at radius 1 is 1.38 bits per heavy atom. The standard InChI is InChI=1S/C13H19N3O5/c1-14(2)7-8-15(9-12(17)18)10-5-4-6-11(21-3)13(10)16(19)20/h4-6H,7-9H2,1-3H3,(H,17,18). The number of ether oxygens (including phenoxy) is 1. The van der Waals surface area contributed by atoms with Crippen molar-refractivity contribution in [3.05, 3.63) is 28.3 Å². The minimum Gasteiger partial charge on any atom is -0.490 e. The molecule has 0 bridgehead atoms. The summed E-state index contributed by atoms with van der Waals surface area (Å²) in [6, 6.07) is 4.61. The van der Waals surface area contributed by atoms with Gasteiger partial charge in [0.25, 0.3) is 0 Å². The SMILES string of the molecule is COc1cccc(N(CCN(C)C)CC(=O)O)c1[N+](=O)[O-]. The molecule has 8 nitrogen and oxygen atoms in total. The third kappa shape index (κ3) is 4.60. The number of methoxy groups -OCH3 is 1. The van der Waals surface area contributed by atoms with Gasteiger partial charge in [-0.15, -0.1) is 0 Å². The molecule has 1 aromatic carbocycles. The van der Waals surface area contributed by atoms with Crippen LogP contribution in [0.1, 0.15) is 0 Å². The Morgan fingerprint density at radius 2 is 2.05 bits per heavy atom. The van der Waals surface area contributed by atoms with E-state index in [9.17, 15) is 14.9 Å². The number of nitro groups is 1. The van der Waals surface area contributed by atoms with E-state index < -0.39 is 10.9 Å². The second kappa shape index (κ2) is 7.44. The first kappa shape index (κ1) is 16.7. The van der Waals surface area contributed by atoms with Crippen LogP contribution in [0.5, 0.6) is 5.75 Å². The number of nitrogens with zero attached hydrogens (tertiary/aromatic N) is 3. The minimum absolute atomic E-state index is 0.109. The zero-order valence-electron chi connectivity index (χ0n) is 12.3. The number of benzene rings is 1. The van der Waals surface area contributed by atoms with E-state index in [4.69, 9.17) is 9.84 Å². The summed E-state index contributed by atoms with van der Waals surface area (Å²) < 4.78 is 5.00. The van der Waals surface area contributed by atoms with Crippen LogP contribution >= 0.6 is 0 Å². The molecule has 1 rings (SSSR count). The molecule has 0 heterocycles. The number of anilines is 1. The number of likely N-dealkylation sites (N-methyl/N-ethyl adjacent to an activating group) is 1. The molecule has 0 aliphatic rings. The van der Waals surface area contributed by atoms with E-state index in [2.05, 4.69) is 0 Å². The van der Waals surface area contributed by atoms with Gasteiger partial charge in [-0.05, 0) is 26.2 Å². The minimum atomic E-state index is -1.05. The van der Waals surface area contributed by atoms with Gasteiger partial charge in [-0.3, -0.25) is 14.9 Å². The average molecular weight is 297 g/mol. The van der Waals surface area contributed by atoms with Crippen LogP contribution in [0.3, 0.4) is 0 Å². The molecule has 116 valence electrons. The topological polar surface area (TPSA) is 96.2 Å². The number of hydrogen-bond acceptors (Lipinski definition) is 6. The lowest BCUT2D eigenvalue weighted by atomic mass is 10.2. The summed E-state index contributed by atoms with van der Waals surface area (Å²) in [6.07, 6.45) is 0. The quantitative estimate of drug-likeness (QED) is 0.566. The van der Waals surface area contributed by atoms with E-state index in [0.717, 1.165) is 0 Å². The van der Waals surface area contributed by atoms with Gasteiger partial charge < -0.3 is 19.6 Å². The Labute approximate surface area is 122 Å². The van der Waals surface area contributed by atoms with Crippen molar-refractivity contribution in [2.24, 2.45) is 0 Å². The first-order valence-electron chi connectivity index (χ1n) is 6.29. The third-order valence-corrected chi connectivity index (χ3v) is 2.86. The molecule has 1 N–H and O–H groups in total. The fourth-order valence-corrected chi connectivity index (χ4v) is 1.88. The second-order valence-electron chi connectivity index (χ2n) is 4.70. The Hall–Kier alpha value is -2.35. The van der Waals surface area contributed by atoms with Gasteiger partial charge in [-0.25, -0.2) is 0 Å². The lowest BCUT2D eigenvalue weighted by molar-refractivity contribution is -0.385. The van der Waals surface area contributed by atoms with E-state index in [-0.39, 0.29) is 23.7 Å². The van der Waals surface area contributed by atoms with Crippen LogP contribution in [0.25, 0.3) is 0 Å². The monoisotopic (exact) mass is 297 g/mol. The fraction of sp³-hybridized carbons (Fsp3) is 0.462. The maximum atomic E-state index is 11.3. The van der Waals surface area contributed by atoms with Crippen molar-refractivity contribution in [2.75, 3.05) is 45.7 Å². The van der Waals surface area contributed by atoms with Crippen LogP contribution in [0.4, 0.5) is 11.4 Å². The molecule has 0 aliphatic heterocycles. The number of carbonyl (C=O) groups is 1. The predicted molar refractivity (Wildman–Crippen MR) is 78.1 cm³/mol. The first-order chi connectivity index (χ1) is 9.86. The third-order valence-electron chi connectivity index (χ3n) is 2.86. The predicted octanol–water partition coefficient (Wildman–Crippen LogP) is 1.06. The highest BCUT2D eigenvalue weighted by Crippen LogP contribution is 2.36. The van der Waals surface area contributed by atoms with Crippen molar-refractivity contribution < 1.29 is 19.6 Å². The summed E-state index contributed by atoms with van der Waals surface area (Å²) in [7, 11) is 5.03. The molecule has 0 amide bonds. The number of carboxylic acid groups (broad SMARTS) is 1. The molecule has 0 unspecified atom stereocenters. The van der Waals surface area contributed by atoms with Crippen molar-refractivity contribution >= 4 is 17.3 Å². The molecule has 0 saturated heterocycles. The lowest BCUT2D eigenvalue weighted by Gasteiger charge is -2.24. The summed E-state index contributed by atoms with van der Waals surface area (Å²) in [5.41, 5.74) is 0.0172. The summed E-state index contributed by atoms with van der Waals surface area (Å²) in [5, 5.41) is 20.3. The van der Waals surface area contributed by atoms with Crippen molar-refractivity contribution in [1.82, 2.24) is 4.90 Å². The second-order valence-corrected chi connectivity index (χ2v) is 4.70. The van der Waals surface area contributed by atoms with Crippen LogP contribution < -0.4 is 9.64 Å². The fourth-order valence-electron chi connectivity index (χ4n) is 1.88. The smallest absolute Gasteiger partial charge is 0.333 e. The van der Waals surface area contributed by atoms with E-state index in [1.807, 2.05) is 19.0 Å². The Kier molecular flexibility index (Phi) is 5.92. The molecule has 1 aromatic rings. The molecular weight excluding hydrogens is 278 g/mol. The molecule has 0 aromatic heterocycles. The van der Waals surface area contributed by atoms with Crippen LogP contribution in [0.2, 0.25) is 0 Å². The van der Waals surface area contributed by atoms with Gasteiger partial charge in [-0.1, -0.05) is 6.07 Å². The van der Waals surface area contributed by atoms with Crippen LogP contribution in [-0.4, -0.2) is 61.7 Å². The maximum absolute atomic E-state index is 11.3. The lowest BCUT2D eigenvalue weighted by Crippen LogP contribution is -2.36.